The molecule has 0 unspecified atom stereocenters. The number of hydrogen-bond donors (Lipinski definition) is 0. The molecule has 26 heavy (non-hydrogen) atoms. The van der Waals surface area contributed by atoms with Crippen molar-refractivity contribution in [2.24, 2.45) is 0 Å². The van der Waals surface area contributed by atoms with Gasteiger partial charge in [-0.25, -0.2) is 0 Å². The third-order valence-electron chi connectivity index (χ3n) is 6.37. The number of hydrogen-bond acceptors (Lipinski definition) is 2. The van der Waals surface area contributed by atoms with Gasteiger partial charge in [0.1, 0.15) is 0 Å². The van der Waals surface area contributed by atoms with Crippen molar-refractivity contribution >= 4 is 17.0 Å². The summed E-state index contributed by atoms with van der Waals surface area (Å²) in [7, 11) is 0. The zero-order valence-corrected chi connectivity index (χ0v) is 18.2. The van der Waals surface area contributed by atoms with Gasteiger partial charge in [0.15, 0.2) is 0 Å². The molecule has 3 heteroatoms. The highest BCUT2D eigenvalue weighted by atomic mass is 32.2. The van der Waals surface area contributed by atoms with Gasteiger partial charge in [-0.2, -0.15) is 0 Å². The van der Waals surface area contributed by atoms with Crippen LogP contribution in [0.1, 0.15) is 122 Å². The van der Waals surface area contributed by atoms with Crippen LogP contribution in [0.2, 0.25) is 0 Å². The lowest BCUT2D eigenvalue weighted by Gasteiger charge is -2.41. The molecule has 2 aliphatic rings. The summed E-state index contributed by atoms with van der Waals surface area (Å²) < 4.78 is 0. The van der Waals surface area contributed by atoms with Crippen LogP contribution in [0.25, 0.3) is 0 Å². The summed E-state index contributed by atoms with van der Waals surface area (Å²) in [6.07, 6.45) is 23.8. The lowest BCUT2D eigenvalue weighted by Crippen LogP contribution is -2.47. The summed E-state index contributed by atoms with van der Waals surface area (Å²) in [4.78, 5) is 15.4. The van der Waals surface area contributed by atoms with Crippen molar-refractivity contribution < 1.29 is 4.79 Å². The minimum absolute atomic E-state index is 0.409. The van der Waals surface area contributed by atoms with Gasteiger partial charge in [-0.1, -0.05) is 102 Å². The Hall–Kier alpha value is -0.180. The second-order valence-electron chi connectivity index (χ2n) is 8.58. The van der Waals surface area contributed by atoms with Crippen LogP contribution in [0.15, 0.2) is 0 Å². The molecule has 0 bridgehead atoms. The maximum absolute atomic E-state index is 13.0. The van der Waals surface area contributed by atoms with E-state index in [0.717, 1.165) is 5.75 Å². The first-order chi connectivity index (χ1) is 12.8. The maximum atomic E-state index is 13.0. The Morgan fingerprint density at radius 2 is 1.19 bits per heavy atom. The third kappa shape index (κ3) is 8.23. The van der Waals surface area contributed by atoms with Gasteiger partial charge in [0.25, 0.3) is 5.24 Å². The molecule has 1 amide bonds. The van der Waals surface area contributed by atoms with Crippen molar-refractivity contribution in [3.63, 3.8) is 0 Å². The first-order valence-corrected chi connectivity index (χ1v) is 12.8. The minimum Gasteiger partial charge on any atom is -0.328 e. The fourth-order valence-electron chi connectivity index (χ4n) is 4.78. The first kappa shape index (κ1) is 22.1. The summed E-state index contributed by atoms with van der Waals surface area (Å²) in [6.45, 7) is 2.28. The Labute approximate surface area is 167 Å². The van der Waals surface area contributed by atoms with Crippen LogP contribution in [0.4, 0.5) is 4.79 Å². The summed E-state index contributed by atoms with van der Waals surface area (Å²) in [5.41, 5.74) is 0. The van der Waals surface area contributed by atoms with E-state index in [4.69, 9.17) is 0 Å². The van der Waals surface area contributed by atoms with Gasteiger partial charge in [0.05, 0.1) is 0 Å². The molecule has 0 aromatic carbocycles. The molecule has 0 aromatic rings. The molecular formula is C23H43NOS. The van der Waals surface area contributed by atoms with E-state index in [9.17, 15) is 4.79 Å². The van der Waals surface area contributed by atoms with Crippen LogP contribution < -0.4 is 0 Å². The minimum atomic E-state index is 0.409. The van der Waals surface area contributed by atoms with Gasteiger partial charge in [0, 0.05) is 17.8 Å². The van der Waals surface area contributed by atoms with Crippen LogP contribution in [0.3, 0.4) is 0 Å². The quantitative estimate of drug-likeness (QED) is 0.338. The highest BCUT2D eigenvalue weighted by molar-refractivity contribution is 8.13. The molecular weight excluding hydrogens is 338 g/mol. The summed E-state index contributed by atoms with van der Waals surface area (Å²) in [6, 6.07) is 1.09. The number of thioether (sulfide) groups is 1. The number of amides is 1. The average molecular weight is 382 g/mol. The second-order valence-corrected chi connectivity index (χ2v) is 9.63. The molecule has 2 rings (SSSR count). The van der Waals surface area contributed by atoms with Gasteiger partial charge >= 0.3 is 0 Å². The molecule has 2 aliphatic carbocycles. The largest absolute Gasteiger partial charge is 0.328 e. The SMILES string of the molecule is CCCCCCCCCCSC(=O)N(C1CCCCC1)C1CCCCC1. The van der Waals surface area contributed by atoms with E-state index in [-0.39, 0.29) is 0 Å². The van der Waals surface area contributed by atoms with Crippen molar-refractivity contribution in [3.05, 3.63) is 0 Å². The predicted octanol–water partition coefficient (Wildman–Crippen LogP) is 7.95. The monoisotopic (exact) mass is 381 g/mol. The molecule has 0 N–H and O–H groups in total. The van der Waals surface area contributed by atoms with Gasteiger partial charge in [-0.15, -0.1) is 0 Å². The van der Waals surface area contributed by atoms with E-state index >= 15 is 0 Å². The Morgan fingerprint density at radius 1 is 0.731 bits per heavy atom. The zero-order valence-electron chi connectivity index (χ0n) is 17.4. The topological polar surface area (TPSA) is 20.3 Å². The van der Waals surface area contributed by atoms with E-state index in [0.29, 0.717) is 17.3 Å². The van der Waals surface area contributed by atoms with E-state index in [1.54, 1.807) is 11.8 Å². The zero-order chi connectivity index (χ0) is 18.5. The predicted molar refractivity (Wildman–Crippen MR) is 116 cm³/mol. The highest BCUT2D eigenvalue weighted by Gasteiger charge is 2.32. The van der Waals surface area contributed by atoms with Crippen LogP contribution in [0, 0.1) is 0 Å². The van der Waals surface area contributed by atoms with Crippen molar-refractivity contribution in [2.75, 3.05) is 5.75 Å². The molecule has 0 aromatic heterocycles. The fraction of sp³-hybridized carbons (Fsp3) is 0.957. The molecule has 0 spiro atoms. The smallest absolute Gasteiger partial charge is 0.282 e. The fourth-order valence-corrected chi connectivity index (χ4v) is 5.75. The molecule has 2 nitrogen and oxygen atoms in total. The van der Waals surface area contributed by atoms with E-state index < -0.39 is 0 Å². The Balaban J connectivity index is 1.67. The van der Waals surface area contributed by atoms with Crippen LogP contribution in [-0.4, -0.2) is 28.0 Å². The van der Waals surface area contributed by atoms with E-state index in [1.807, 2.05) is 0 Å². The molecule has 0 heterocycles. The van der Waals surface area contributed by atoms with Gasteiger partial charge in [-0.3, -0.25) is 4.79 Å². The number of carbonyl (C=O) groups is 1. The highest BCUT2D eigenvalue weighted by Crippen LogP contribution is 2.32. The maximum Gasteiger partial charge on any atom is 0.282 e. The van der Waals surface area contributed by atoms with Crippen molar-refractivity contribution in [1.82, 2.24) is 4.90 Å². The van der Waals surface area contributed by atoms with Crippen molar-refractivity contribution in [1.29, 1.82) is 0 Å². The molecule has 0 aliphatic heterocycles. The van der Waals surface area contributed by atoms with Crippen LogP contribution >= 0.6 is 11.8 Å². The lowest BCUT2D eigenvalue weighted by atomic mass is 9.89. The van der Waals surface area contributed by atoms with Gasteiger partial charge in [-0.05, 0) is 32.1 Å². The summed E-state index contributed by atoms with van der Waals surface area (Å²) in [5, 5.41) is 0.409. The Bertz CT molecular complexity index is 343. The number of unbranched alkanes of at least 4 members (excludes halogenated alkanes) is 7. The number of rotatable bonds is 11. The van der Waals surface area contributed by atoms with E-state index in [2.05, 4.69) is 11.8 Å². The Kier molecular flexibility index (Phi) is 11.8. The molecule has 2 saturated carbocycles. The lowest BCUT2D eigenvalue weighted by molar-refractivity contribution is 0.122. The van der Waals surface area contributed by atoms with Crippen LogP contribution in [-0.2, 0) is 0 Å². The molecule has 0 radical (unpaired) electrons. The molecule has 2 fully saturated rings. The molecule has 0 saturated heterocycles. The Morgan fingerprint density at radius 3 is 1.69 bits per heavy atom. The normalized spacial score (nSPS) is 19.6. The second kappa shape index (κ2) is 13.9. The van der Waals surface area contributed by atoms with Gasteiger partial charge in [0.2, 0.25) is 0 Å². The number of nitrogens with zero attached hydrogens (tertiary/aromatic N) is 1. The summed E-state index contributed by atoms with van der Waals surface area (Å²) >= 11 is 1.63. The van der Waals surface area contributed by atoms with Crippen LogP contribution in [0.5, 0.6) is 0 Å². The number of carbonyl (C=O) groups excluding carboxylic acids is 1. The molecule has 152 valence electrons. The van der Waals surface area contributed by atoms with E-state index in [1.165, 1.54) is 116 Å². The van der Waals surface area contributed by atoms with Crippen molar-refractivity contribution in [2.45, 2.75) is 135 Å². The van der Waals surface area contributed by atoms with Crippen molar-refractivity contribution in [3.8, 4) is 0 Å². The molecule has 0 atom stereocenters. The summed E-state index contributed by atoms with van der Waals surface area (Å²) in [5.74, 6) is 1.03. The average Bonchev–Trinajstić information content (AvgIpc) is 2.68. The van der Waals surface area contributed by atoms with Gasteiger partial charge < -0.3 is 4.90 Å². The standard InChI is InChI=1S/C23H43NOS/c1-2-3-4-5-6-7-8-15-20-26-23(25)24(21-16-11-9-12-17-21)22-18-13-10-14-19-22/h21-22H,2-20H2,1H3. The third-order valence-corrected chi connectivity index (χ3v) is 7.32. The first-order valence-electron chi connectivity index (χ1n) is 11.8.